The molecule has 0 spiro atoms. The first-order valence-electron chi connectivity index (χ1n) is 7.68. The van der Waals surface area contributed by atoms with Crippen molar-refractivity contribution in [1.29, 1.82) is 0 Å². The lowest BCUT2D eigenvalue weighted by Crippen LogP contribution is -2.31. The van der Waals surface area contributed by atoms with Crippen LogP contribution in [0.15, 0.2) is 47.0 Å². The second kappa shape index (κ2) is 10.5. The van der Waals surface area contributed by atoms with Crippen LogP contribution in [0.2, 0.25) is 0 Å². The Morgan fingerprint density at radius 2 is 1.92 bits per heavy atom. The highest BCUT2D eigenvalue weighted by Gasteiger charge is 2.31. The minimum atomic E-state index is -4.57. The molecule has 1 aromatic rings. The van der Waals surface area contributed by atoms with E-state index >= 15 is 0 Å². The molecule has 0 saturated carbocycles. The second-order valence-electron chi connectivity index (χ2n) is 4.50. The van der Waals surface area contributed by atoms with Crippen molar-refractivity contribution in [3.8, 4) is 0 Å². The minimum absolute atomic E-state index is 0.485. The molecule has 1 rings (SSSR count). The van der Waals surface area contributed by atoms with Crippen LogP contribution in [0.1, 0.15) is 39.7 Å². The van der Waals surface area contributed by atoms with Gasteiger partial charge in [0.15, 0.2) is 0 Å². The van der Waals surface area contributed by atoms with Crippen LogP contribution in [0.4, 0.5) is 13.2 Å². The Kier molecular flexibility index (Phi) is 9.45. The summed E-state index contributed by atoms with van der Waals surface area (Å²) < 4.78 is 38.6. The molecule has 0 bridgehead atoms. The van der Waals surface area contributed by atoms with Gasteiger partial charge >= 0.3 is 6.18 Å². The van der Waals surface area contributed by atoms with E-state index in [2.05, 4.69) is 5.32 Å². The van der Waals surface area contributed by atoms with Crippen LogP contribution in [-0.2, 0) is 17.5 Å². The fourth-order valence-electron chi connectivity index (χ4n) is 1.74. The number of allylic oxidation sites excluding steroid dienone is 3. The quantitative estimate of drug-likeness (QED) is 0.824. The lowest BCUT2D eigenvalue weighted by molar-refractivity contribution is -0.138. The topological polar surface area (TPSA) is 51.1 Å². The van der Waals surface area contributed by atoms with E-state index in [9.17, 15) is 22.8 Å². The summed E-state index contributed by atoms with van der Waals surface area (Å²) in [5, 5.41) is 2.55. The monoisotopic (exact) mass is 344 g/mol. The molecule has 134 valence electrons. The first-order valence-corrected chi connectivity index (χ1v) is 7.68. The third kappa shape index (κ3) is 7.30. The molecule has 4 nitrogen and oxygen atoms in total. The SMILES string of the molecule is C/C=C\C(=C/CC)NC(=O)Cn1cc(C(F)(F)F)ccc1=O.CC. The summed E-state index contributed by atoms with van der Waals surface area (Å²) in [6.45, 7) is 7.17. The van der Waals surface area contributed by atoms with Crippen molar-refractivity contribution in [2.75, 3.05) is 0 Å². The molecule has 0 fully saturated rings. The molecule has 7 heteroatoms. The molecule has 0 saturated heterocycles. The van der Waals surface area contributed by atoms with Gasteiger partial charge in [0.1, 0.15) is 6.54 Å². The average molecular weight is 344 g/mol. The molecule has 1 amide bonds. The number of hydrogen-bond donors (Lipinski definition) is 1. The van der Waals surface area contributed by atoms with E-state index in [0.29, 0.717) is 24.4 Å². The van der Waals surface area contributed by atoms with Gasteiger partial charge in [0.25, 0.3) is 5.56 Å². The van der Waals surface area contributed by atoms with Gasteiger partial charge in [-0.05, 0) is 25.5 Å². The lowest BCUT2D eigenvalue weighted by atomic mass is 10.2. The van der Waals surface area contributed by atoms with Crippen molar-refractivity contribution in [2.45, 2.75) is 46.8 Å². The summed E-state index contributed by atoms with van der Waals surface area (Å²) in [6, 6.07) is 1.49. The number of carbonyl (C=O) groups is 1. The average Bonchev–Trinajstić information content (AvgIpc) is 2.51. The minimum Gasteiger partial charge on any atom is -0.325 e. The maximum absolute atomic E-state index is 12.6. The highest BCUT2D eigenvalue weighted by molar-refractivity contribution is 5.78. The second-order valence-corrected chi connectivity index (χ2v) is 4.50. The normalized spacial score (nSPS) is 11.9. The number of pyridine rings is 1. The summed E-state index contributed by atoms with van der Waals surface area (Å²) in [5.74, 6) is -0.570. The van der Waals surface area contributed by atoms with E-state index in [1.54, 1.807) is 25.2 Å². The molecule has 0 radical (unpaired) electrons. The van der Waals surface area contributed by atoms with Gasteiger partial charge in [0.05, 0.1) is 5.56 Å². The largest absolute Gasteiger partial charge is 0.417 e. The van der Waals surface area contributed by atoms with Gasteiger partial charge in [-0.2, -0.15) is 13.2 Å². The molecule has 1 N–H and O–H groups in total. The van der Waals surface area contributed by atoms with Gasteiger partial charge in [0, 0.05) is 18.0 Å². The van der Waals surface area contributed by atoms with Crippen molar-refractivity contribution >= 4 is 5.91 Å². The van der Waals surface area contributed by atoms with Crippen molar-refractivity contribution in [3.63, 3.8) is 0 Å². The summed E-state index contributed by atoms with van der Waals surface area (Å²) in [4.78, 5) is 23.4. The Bertz CT molecular complexity index is 644. The highest BCUT2D eigenvalue weighted by atomic mass is 19.4. The number of halogens is 3. The summed E-state index contributed by atoms with van der Waals surface area (Å²) in [7, 11) is 0. The molecular weight excluding hydrogens is 321 g/mol. The van der Waals surface area contributed by atoms with Crippen LogP contribution < -0.4 is 10.9 Å². The van der Waals surface area contributed by atoms with Crippen molar-refractivity contribution in [2.24, 2.45) is 0 Å². The van der Waals surface area contributed by atoms with Crippen LogP contribution in [0.3, 0.4) is 0 Å². The Morgan fingerprint density at radius 3 is 2.42 bits per heavy atom. The third-order valence-electron chi connectivity index (χ3n) is 2.68. The molecule has 0 atom stereocenters. The van der Waals surface area contributed by atoms with Crippen LogP contribution in [0.25, 0.3) is 0 Å². The number of hydrogen-bond acceptors (Lipinski definition) is 2. The first-order chi connectivity index (χ1) is 11.3. The van der Waals surface area contributed by atoms with E-state index in [1.165, 1.54) is 0 Å². The molecule has 0 unspecified atom stereocenters. The van der Waals surface area contributed by atoms with Gasteiger partial charge in [-0.15, -0.1) is 0 Å². The number of rotatable bonds is 5. The van der Waals surface area contributed by atoms with Crippen LogP contribution in [0, 0.1) is 0 Å². The molecule has 0 aliphatic heterocycles. The fourth-order valence-corrected chi connectivity index (χ4v) is 1.74. The number of alkyl halides is 3. The number of aromatic nitrogens is 1. The smallest absolute Gasteiger partial charge is 0.325 e. The van der Waals surface area contributed by atoms with Gasteiger partial charge in [-0.1, -0.05) is 32.9 Å². The predicted molar refractivity (Wildman–Crippen MR) is 88.4 cm³/mol. The Labute approximate surface area is 139 Å². The molecule has 1 heterocycles. The van der Waals surface area contributed by atoms with Crippen LogP contribution in [-0.4, -0.2) is 10.5 Å². The lowest BCUT2D eigenvalue weighted by Gasteiger charge is -2.11. The molecule has 24 heavy (non-hydrogen) atoms. The zero-order valence-corrected chi connectivity index (χ0v) is 14.3. The standard InChI is InChI=1S/C15H17F3N2O2.C2H6/c1-3-5-12(6-4-2)19-13(21)10-20-9-11(15(16,17)18)7-8-14(20)22;1-2/h3,5-9H,4,10H2,1-2H3,(H,19,21);1-2H3/b5-3-,12-6+;. The predicted octanol–water partition coefficient (Wildman–Crippen LogP) is 3.88. The van der Waals surface area contributed by atoms with Gasteiger partial charge < -0.3 is 9.88 Å². The maximum atomic E-state index is 12.6. The van der Waals surface area contributed by atoms with Gasteiger partial charge in [0.2, 0.25) is 5.91 Å². The van der Waals surface area contributed by atoms with Crippen LogP contribution >= 0.6 is 0 Å². The maximum Gasteiger partial charge on any atom is 0.417 e. The van der Waals surface area contributed by atoms with E-state index in [-0.39, 0.29) is 0 Å². The Morgan fingerprint density at radius 1 is 1.29 bits per heavy atom. The molecule has 0 aliphatic rings. The summed E-state index contributed by atoms with van der Waals surface area (Å²) >= 11 is 0. The Balaban J connectivity index is 0.00000254. The van der Waals surface area contributed by atoms with Crippen molar-refractivity contribution < 1.29 is 18.0 Å². The zero-order chi connectivity index (χ0) is 18.8. The molecule has 0 aromatic carbocycles. The number of carbonyl (C=O) groups excluding carboxylic acids is 1. The Hall–Kier alpha value is -2.31. The first kappa shape index (κ1) is 21.7. The number of amides is 1. The van der Waals surface area contributed by atoms with Crippen molar-refractivity contribution in [1.82, 2.24) is 9.88 Å². The van der Waals surface area contributed by atoms with Gasteiger partial charge in [-0.25, -0.2) is 0 Å². The fraction of sp³-hybridized carbons (Fsp3) is 0.412. The third-order valence-corrected chi connectivity index (χ3v) is 2.68. The molecular formula is C17H23F3N2O2. The van der Waals surface area contributed by atoms with Gasteiger partial charge in [-0.3, -0.25) is 9.59 Å². The number of nitrogens with one attached hydrogen (secondary N) is 1. The molecule has 1 aromatic heterocycles. The van der Waals surface area contributed by atoms with E-state index in [4.69, 9.17) is 0 Å². The van der Waals surface area contributed by atoms with E-state index in [0.717, 1.165) is 10.6 Å². The van der Waals surface area contributed by atoms with E-state index in [1.807, 2.05) is 20.8 Å². The molecule has 0 aliphatic carbocycles. The summed E-state index contributed by atoms with van der Waals surface area (Å²) in [5.41, 5.74) is -1.11. The summed E-state index contributed by atoms with van der Waals surface area (Å²) in [6.07, 6.45) is 1.90. The van der Waals surface area contributed by atoms with E-state index < -0.39 is 29.8 Å². The van der Waals surface area contributed by atoms with Crippen LogP contribution in [0.5, 0.6) is 0 Å². The van der Waals surface area contributed by atoms with Crippen molar-refractivity contribution in [3.05, 3.63) is 58.2 Å². The zero-order valence-electron chi connectivity index (χ0n) is 14.3. The number of nitrogens with zero attached hydrogens (tertiary/aromatic N) is 1. The highest BCUT2D eigenvalue weighted by Crippen LogP contribution is 2.27.